The lowest BCUT2D eigenvalue weighted by atomic mass is 10.3. The molecule has 0 aliphatic heterocycles. The number of hydrogen-bond donors (Lipinski definition) is 2. The molecule has 0 atom stereocenters. The number of aromatic carboxylic acids is 1. The van der Waals surface area contributed by atoms with Crippen molar-refractivity contribution in [3.63, 3.8) is 0 Å². The molecule has 1 amide bonds. The normalized spacial score (nSPS) is 9.76. The molecule has 1 aromatic heterocycles. The number of carboxylic acids is 1. The summed E-state index contributed by atoms with van der Waals surface area (Å²) in [5.41, 5.74) is 0.461. The van der Waals surface area contributed by atoms with Gasteiger partial charge in [-0.25, -0.2) is 9.78 Å². The van der Waals surface area contributed by atoms with Crippen LogP contribution in [0.5, 0.6) is 5.75 Å². The van der Waals surface area contributed by atoms with Crippen LogP contribution in [0.1, 0.15) is 22.6 Å². The molecule has 1 rings (SSSR count). The van der Waals surface area contributed by atoms with Crippen molar-refractivity contribution >= 4 is 11.9 Å². The van der Waals surface area contributed by atoms with Crippen LogP contribution in [-0.4, -0.2) is 35.6 Å². The molecule has 6 nitrogen and oxygen atoms in total. The maximum absolute atomic E-state index is 11.0. The molecule has 0 spiro atoms. The monoisotopic (exact) mass is 238 g/mol. The third-order valence-electron chi connectivity index (χ3n) is 2.07. The summed E-state index contributed by atoms with van der Waals surface area (Å²) in [4.78, 5) is 25.7. The fourth-order valence-corrected chi connectivity index (χ4v) is 1.19. The van der Waals surface area contributed by atoms with Gasteiger partial charge in [-0.1, -0.05) is 0 Å². The number of carboxylic acid groups (broad SMARTS) is 1. The summed E-state index contributed by atoms with van der Waals surface area (Å²) in [6, 6.07) is 3.19. The van der Waals surface area contributed by atoms with Crippen LogP contribution in [0.15, 0.2) is 12.1 Å². The lowest BCUT2D eigenvalue weighted by Crippen LogP contribution is -2.20. The van der Waals surface area contributed by atoms with E-state index in [9.17, 15) is 9.59 Å². The Morgan fingerprint density at radius 3 is 2.76 bits per heavy atom. The van der Waals surface area contributed by atoms with Gasteiger partial charge in [0.2, 0.25) is 5.91 Å². The molecule has 1 heterocycles. The number of nitrogens with one attached hydrogen (secondary N) is 1. The molecule has 0 aromatic carbocycles. The number of pyridine rings is 1. The Morgan fingerprint density at radius 2 is 2.18 bits per heavy atom. The van der Waals surface area contributed by atoms with Gasteiger partial charge in [0.1, 0.15) is 0 Å². The van der Waals surface area contributed by atoms with Gasteiger partial charge in [0.15, 0.2) is 11.4 Å². The Kier molecular flexibility index (Phi) is 4.45. The number of rotatable bonds is 5. The Labute approximate surface area is 98.6 Å². The van der Waals surface area contributed by atoms with Crippen molar-refractivity contribution in [3.05, 3.63) is 23.5 Å². The van der Waals surface area contributed by atoms with Gasteiger partial charge < -0.3 is 15.2 Å². The summed E-state index contributed by atoms with van der Waals surface area (Å²) in [5.74, 6) is -1.14. The molecule has 0 aliphatic rings. The smallest absolute Gasteiger partial charge is 0.358 e. The highest BCUT2D eigenvalue weighted by molar-refractivity contribution is 5.88. The van der Waals surface area contributed by atoms with E-state index in [1.165, 1.54) is 13.1 Å². The van der Waals surface area contributed by atoms with Crippen molar-refractivity contribution in [2.24, 2.45) is 0 Å². The lowest BCUT2D eigenvalue weighted by Gasteiger charge is -2.08. The first-order valence-electron chi connectivity index (χ1n) is 5.09. The van der Waals surface area contributed by atoms with Crippen molar-refractivity contribution in [2.75, 3.05) is 13.7 Å². The molecule has 6 heteroatoms. The lowest BCUT2D eigenvalue weighted by molar-refractivity contribution is -0.121. The summed E-state index contributed by atoms with van der Waals surface area (Å²) in [6.07, 6.45) is 0.170. The molecule has 92 valence electrons. The average Bonchev–Trinajstić information content (AvgIpc) is 2.30. The second-order valence-electron chi connectivity index (χ2n) is 3.38. The zero-order chi connectivity index (χ0) is 12.8. The van der Waals surface area contributed by atoms with Crippen molar-refractivity contribution < 1.29 is 19.4 Å². The summed E-state index contributed by atoms with van der Waals surface area (Å²) in [7, 11) is 1.53. The summed E-state index contributed by atoms with van der Waals surface area (Å²) >= 11 is 0. The van der Waals surface area contributed by atoms with Crippen molar-refractivity contribution in [3.8, 4) is 5.75 Å². The third-order valence-corrected chi connectivity index (χ3v) is 2.07. The molecule has 0 unspecified atom stereocenters. The van der Waals surface area contributed by atoms with Gasteiger partial charge in [-0.3, -0.25) is 4.79 Å². The van der Waals surface area contributed by atoms with E-state index in [1.54, 1.807) is 13.0 Å². The highest BCUT2D eigenvalue weighted by Gasteiger charge is 2.13. The first kappa shape index (κ1) is 13.0. The molecule has 0 saturated carbocycles. The van der Waals surface area contributed by atoms with Crippen LogP contribution in [0.4, 0.5) is 0 Å². The Hall–Kier alpha value is -2.11. The zero-order valence-corrected chi connectivity index (χ0v) is 9.69. The van der Waals surface area contributed by atoms with Crippen LogP contribution in [0, 0.1) is 6.92 Å². The highest BCUT2D eigenvalue weighted by Crippen LogP contribution is 2.16. The predicted octanol–water partition coefficient (Wildman–Crippen LogP) is 0.603. The van der Waals surface area contributed by atoms with Crippen molar-refractivity contribution in [1.29, 1.82) is 0 Å². The minimum Gasteiger partial charge on any atom is -0.490 e. The SMILES string of the molecule is CNC(=O)CCOc1ccc(C)nc1C(=O)O. The second-order valence-corrected chi connectivity index (χ2v) is 3.38. The van der Waals surface area contributed by atoms with E-state index in [1.807, 2.05) is 0 Å². The minimum atomic E-state index is -1.15. The molecule has 0 aliphatic carbocycles. The quantitative estimate of drug-likeness (QED) is 0.784. The van der Waals surface area contributed by atoms with E-state index >= 15 is 0 Å². The summed E-state index contributed by atoms with van der Waals surface area (Å²) in [5, 5.41) is 11.4. The molecule has 2 N–H and O–H groups in total. The number of ether oxygens (including phenoxy) is 1. The molecule has 1 aromatic rings. The standard InChI is InChI=1S/C11H14N2O4/c1-7-3-4-8(10(13-7)11(15)16)17-6-5-9(14)12-2/h3-4H,5-6H2,1-2H3,(H,12,14)(H,15,16). The van der Waals surface area contributed by atoms with Gasteiger partial charge in [0, 0.05) is 12.7 Å². The fourth-order valence-electron chi connectivity index (χ4n) is 1.19. The average molecular weight is 238 g/mol. The van der Waals surface area contributed by atoms with Gasteiger partial charge >= 0.3 is 5.97 Å². The van der Waals surface area contributed by atoms with Gasteiger partial charge in [-0.2, -0.15) is 0 Å². The van der Waals surface area contributed by atoms with Crippen molar-refractivity contribution in [2.45, 2.75) is 13.3 Å². The molecule has 0 bridgehead atoms. The Morgan fingerprint density at radius 1 is 1.47 bits per heavy atom. The molecule has 17 heavy (non-hydrogen) atoms. The molecule has 0 saturated heterocycles. The van der Waals surface area contributed by atoms with Crippen LogP contribution in [-0.2, 0) is 4.79 Å². The topological polar surface area (TPSA) is 88.5 Å². The first-order valence-corrected chi connectivity index (χ1v) is 5.09. The van der Waals surface area contributed by atoms with Gasteiger partial charge in [0.25, 0.3) is 0 Å². The highest BCUT2D eigenvalue weighted by atomic mass is 16.5. The van der Waals surface area contributed by atoms with Crippen LogP contribution in [0.2, 0.25) is 0 Å². The number of carbonyl (C=O) groups is 2. The summed E-state index contributed by atoms with van der Waals surface area (Å²) in [6.45, 7) is 1.81. The second kappa shape index (κ2) is 5.83. The molecule has 0 fully saturated rings. The largest absolute Gasteiger partial charge is 0.490 e. The van der Waals surface area contributed by atoms with E-state index in [0.29, 0.717) is 5.69 Å². The van der Waals surface area contributed by atoms with Crippen molar-refractivity contribution in [1.82, 2.24) is 10.3 Å². The van der Waals surface area contributed by atoms with E-state index in [2.05, 4.69) is 10.3 Å². The third kappa shape index (κ3) is 3.75. The minimum absolute atomic E-state index is 0.116. The number of aromatic nitrogens is 1. The zero-order valence-electron chi connectivity index (χ0n) is 9.69. The molecular weight excluding hydrogens is 224 g/mol. The summed E-state index contributed by atoms with van der Waals surface area (Å²) < 4.78 is 5.22. The molecular formula is C11H14N2O4. The number of amides is 1. The van der Waals surface area contributed by atoms with Crippen LogP contribution >= 0.6 is 0 Å². The van der Waals surface area contributed by atoms with Gasteiger partial charge in [0.05, 0.1) is 13.0 Å². The number of hydrogen-bond acceptors (Lipinski definition) is 4. The van der Waals surface area contributed by atoms with E-state index in [-0.39, 0.29) is 30.4 Å². The van der Waals surface area contributed by atoms with Gasteiger partial charge in [-0.15, -0.1) is 0 Å². The fraction of sp³-hybridized carbons (Fsp3) is 0.364. The molecule has 0 radical (unpaired) electrons. The van der Waals surface area contributed by atoms with E-state index < -0.39 is 5.97 Å². The van der Waals surface area contributed by atoms with Crippen LogP contribution in [0.3, 0.4) is 0 Å². The maximum atomic E-state index is 11.0. The van der Waals surface area contributed by atoms with Crippen LogP contribution < -0.4 is 10.1 Å². The number of nitrogens with zero attached hydrogens (tertiary/aromatic N) is 1. The maximum Gasteiger partial charge on any atom is 0.358 e. The van der Waals surface area contributed by atoms with E-state index in [4.69, 9.17) is 9.84 Å². The predicted molar refractivity (Wildman–Crippen MR) is 60.1 cm³/mol. The number of aryl methyl sites for hydroxylation is 1. The Balaban J connectivity index is 2.70. The van der Waals surface area contributed by atoms with Gasteiger partial charge in [-0.05, 0) is 19.1 Å². The van der Waals surface area contributed by atoms with E-state index in [0.717, 1.165) is 0 Å². The number of carbonyl (C=O) groups excluding carboxylic acids is 1. The van der Waals surface area contributed by atoms with Crippen LogP contribution in [0.25, 0.3) is 0 Å². The first-order chi connectivity index (χ1) is 8.04. The Bertz CT molecular complexity index is 431.